The highest BCUT2D eigenvalue weighted by Crippen LogP contribution is 2.43. The van der Waals surface area contributed by atoms with Crippen molar-refractivity contribution >= 4 is 0 Å². The van der Waals surface area contributed by atoms with Gasteiger partial charge in [-0.05, 0) is 41.5 Å². The second-order valence-electron chi connectivity index (χ2n) is 5.58. The van der Waals surface area contributed by atoms with Crippen molar-refractivity contribution in [2.75, 3.05) is 6.67 Å². The lowest BCUT2D eigenvalue weighted by molar-refractivity contribution is -0.872. The minimum atomic E-state index is -0.215. The molecule has 0 spiro atoms. The maximum atomic E-state index is 12.1. The van der Waals surface area contributed by atoms with Gasteiger partial charge in [-0.1, -0.05) is 5.01 Å². The van der Waals surface area contributed by atoms with Crippen LogP contribution >= 0.6 is 0 Å². The Morgan fingerprint density at radius 3 is 1.58 bits per heavy atom. The van der Waals surface area contributed by atoms with Crippen LogP contribution in [-0.2, 0) is 0 Å². The first kappa shape index (κ1) is 9.96. The Morgan fingerprint density at radius 1 is 1.08 bits per heavy atom. The minimum absolute atomic E-state index is 0.00493. The Kier molecular flexibility index (Phi) is 1.84. The van der Waals surface area contributed by atoms with E-state index in [1.54, 1.807) is 0 Å². The van der Waals surface area contributed by atoms with Crippen LogP contribution in [0.2, 0.25) is 0 Å². The molecule has 0 aromatic rings. The van der Waals surface area contributed by atoms with Crippen LogP contribution in [0.5, 0.6) is 0 Å². The van der Waals surface area contributed by atoms with Crippen LogP contribution in [0, 0.1) is 5.21 Å². The predicted octanol–water partition coefficient (Wildman–Crippen LogP) is 2.09. The molecule has 1 aliphatic heterocycles. The van der Waals surface area contributed by atoms with Gasteiger partial charge in [0.15, 0.2) is 6.67 Å². The first-order valence-electron chi connectivity index (χ1n) is 4.46. The number of quaternary nitrogens is 1. The summed E-state index contributed by atoms with van der Waals surface area (Å²) in [4.78, 5) is 0. The number of hydrogen-bond donors (Lipinski definition) is 0. The smallest absolute Gasteiger partial charge is 0.197 e. The Morgan fingerprint density at radius 2 is 1.50 bits per heavy atom. The molecule has 2 atom stereocenters. The van der Waals surface area contributed by atoms with Gasteiger partial charge in [0.1, 0.15) is 5.54 Å². The molecule has 0 aromatic carbocycles. The van der Waals surface area contributed by atoms with Crippen LogP contribution in [0.3, 0.4) is 0 Å². The molecule has 0 radical (unpaired) electrons. The Bertz CT molecular complexity index is 190. The van der Waals surface area contributed by atoms with E-state index >= 15 is 0 Å². The van der Waals surface area contributed by atoms with E-state index in [9.17, 15) is 5.21 Å². The van der Waals surface area contributed by atoms with Gasteiger partial charge >= 0.3 is 0 Å². The van der Waals surface area contributed by atoms with Gasteiger partial charge in [0.2, 0.25) is 0 Å². The van der Waals surface area contributed by atoms with E-state index in [0.29, 0.717) is 6.67 Å². The van der Waals surface area contributed by atoms with Crippen LogP contribution in [0.25, 0.3) is 0 Å². The van der Waals surface area contributed by atoms with E-state index in [1.807, 2.05) is 25.8 Å². The summed E-state index contributed by atoms with van der Waals surface area (Å²) in [5.74, 6) is 0. The monoisotopic (exact) mass is 172 g/mol. The standard InChI is InChI=1S/C9H20N2O/c1-8(2,3)10-7-11(10,12)9(4,5)6/h7H2,1-6H3. The lowest BCUT2D eigenvalue weighted by Gasteiger charge is -2.38. The molecule has 0 bridgehead atoms. The van der Waals surface area contributed by atoms with E-state index in [2.05, 4.69) is 20.8 Å². The Labute approximate surface area is 75.1 Å². The molecule has 0 amide bonds. The molecule has 3 heteroatoms. The van der Waals surface area contributed by atoms with Crippen LogP contribution in [0.4, 0.5) is 0 Å². The zero-order valence-corrected chi connectivity index (χ0v) is 9.01. The lowest BCUT2D eigenvalue weighted by Crippen LogP contribution is -2.47. The van der Waals surface area contributed by atoms with Gasteiger partial charge in [-0.25, -0.2) is 0 Å². The molecule has 12 heavy (non-hydrogen) atoms. The zero-order valence-electron chi connectivity index (χ0n) is 9.01. The molecule has 0 aromatic heterocycles. The zero-order chi connectivity index (χ0) is 9.78. The first-order valence-corrected chi connectivity index (χ1v) is 4.46. The van der Waals surface area contributed by atoms with Crippen LogP contribution < -0.4 is 0 Å². The highest BCUT2D eigenvalue weighted by Gasteiger charge is 2.58. The van der Waals surface area contributed by atoms with Crippen molar-refractivity contribution in [1.82, 2.24) is 5.01 Å². The van der Waals surface area contributed by atoms with Crippen molar-refractivity contribution in [3.05, 3.63) is 5.21 Å². The van der Waals surface area contributed by atoms with E-state index < -0.39 is 0 Å². The second kappa shape index (κ2) is 2.22. The molecule has 72 valence electrons. The summed E-state index contributed by atoms with van der Waals surface area (Å²) in [5, 5.41) is 14.0. The molecule has 3 nitrogen and oxygen atoms in total. The third kappa shape index (κ3) is 1.37. The minimum Gasteiger partial charge on any atom is -0.610 e. The summed E-state index contributed by atoms with van der Waals surface area (Å²) in [6, 6.07) is 0. The Hall–Kier alpha value is -0.120. The van der Waals surface area contributed by atoms with Crippen molar-refractivity contribution < 1.29 is 4.76 Å². The topological polar surface area (TPSA) is 26.1 Å². The van der Waals surface area contributed by atoms with E-state index in [1.165, 1.54) is 0 Å². The fraction of sp³-hybridized carbons (Fsp3) is 1.00. The summed E-state index contributed by atoms with van der Waals surface area (Å²) in [7, 11) is 0. The molecular weight excluding hydrogens is 152 g/mol. The quantitative estimate of drug-likeness (QED) is 0.318. The van der Waals surface area contributed by atoms with E-state index in [4.69, 9.17) is 0 Å². The van der Waals surface area contributed by atoms with Crippen LogP contribution in [0.1, 0.15) is 41.5 Å². The number of hydroxylamine groups is 2. The highest BCUT2D eigenvalue weighted by atomic mass is 16.7. The summed E-state index contributed by atoms with van der Waals surface area (Å²) >= 11 is 0. The third-order valence-electron chi connectivity index (χ3n) is 2.45. The van der Waals surface area contributed by atoms with Gasteiger partial charge in [-0.2, -0.15) is 0 Å². The largest absolute Gasteiger partial charge is 0.610 e. The van der Waals surface area contributed by atoms with Gasteiger partial charge < -0.3 is 5.21 Å². The summed E-state index contributed by atoms with van der Waals surface area (Å²) in [6.45, 7) is 12.8. The molecular formula is C9H20N2O. The van der Waals surface area contributed by atoms with E-state index in [-0.39, 0.29) is 15.8 Å². The van der Waals surface area contributed by atoms with Crippen LogP contribution in [0.15, 0.2) is 0 Å². The molecule has 1 aliphatic rings. The maximum absolute atomic E-state index is 12.1. The first-order chi connectivity index (χ1) is 5.09. The summed E-state index contributed by atoms with van der Waals surface area (Å²) < 4.78 is -0.170. The summed E-state index contributed by atoms with van der Waals surface area (Å²) in [5.41, 5.74) is -0.220. The number of nitrogens with zero attached hydrogens (tertiary/aromatic N) is 2. The molecule has 2 unspecified atom stereocenters. The van der Waals surface area contributed by atoms with E-state index in [0.717, 1.165) is 0 Å². The van der Waals surface area contributed by atoms with Gasteiger partial charge in [0.25, 0.3) is 0 Å². The Balaban J connectivity index is 2.73. The maximum Gasteiger partial charge on any atom is 0.197 e. The third-order valence-corrected chi connectivity index (χ3v) is 2.45. The highest BCUT2D eigenvalue weighted by molar-refractivity contribution is 4.80. The normalized spacial score (nSPS) is 36.8. The van der Waals surface area contributed by atoms with Gasteiger partial charge in [0.05, 0.1) is 5.54 Å². The van der Waals surface area contributed by atoms with Crippen LogP contribution in [-0.4, -0.2) is 27.5 Å². The number of hydrogen-bond acceptors (Lipinski definition) is 2. The van der Waals surface area contributed by atoms with Crippen molar-refractivity contribution in [3.63, 3.8) is 0 Å². The lowest BCUT2D eigenvalue weighted by atomic mass is 10.1. The van der Waals surface area contributed by atoms with Crippen molar-refractivity contribution in [3.8, 4) is 0 Å². The van der Waals surface area contributed by atoms with Gasteiger partial charge in [-0.3, -0.25) is 4.76 Å². The molecule has 0 aliphatic carbocycles. The number of rotatable bonds is 0. The molecule has 0 N–H and O–H groups in total. The second-order valence-corrected chi connectivity index (χ2v) is 5.58. The molecule has 1 fully saturated rings. The average Bonchev–Trinajstić information content (AvgIpc) is 2.38. The van der Waals surface area contributed by atoms with Gasteiger partial charge in [0, 0.05) is 0 Å². The van der Waals surface area contributed by atoms with Crippen molar-refractivity contribution in [2.24, 2.45) is 0 Å². The molecule has 1 saturated heterocycles. The van der Waals surface area contributed by atoms with Crippen molar-refractivity contribution in [2.45, 2.75) is 52.6 Å². The molecule has 1 heterocycles. The van der Waals surface area contributed by atoms with Gasteiger partial charge in [-0.15, -0.1) is 0 Å². The summed E-state index contributed by atoms with van der Waals surface area (Å²) in [6.07, 6.45) is 0. The average molecular weight is 172 g/mol. The molecule has 1 rings (SSSR count). The molecule has 0 saturated carbocycles. The fourth-order valence-corrected chi connectivity index (χ4v) is 1.42. The SMILES string of the molecule is CC(C)(C)N1C[N+]1([O-])C(C)(C)C. The predicted molar refractivity (Wildman–Crippen MR) is 49.8 cm³/mol. The fourth-order valence-electron chi connectivity index (χ4n) is 1.42. The van der Waals surface area contributed by atoms with Crippen molar-refractivity contribution in [1.29, 1.82) is 0 Å².